The maximum absolute atomic E-state index is 4.54. The number of hydrogen-bond donors (Lipinski definition) is 1. The Hall–Kier alpha value is -2.61. The molecule has 1 unspecified atom stereocenters. The molecule has 0 saturated carbocycles. The minimum absolute atomic E-state index is 0.177. The summed E-state index contributed by atoms with van der Waals surface area (Å²) in [6, 6.07) is 12.9. The van der Waals surface area contributed by atoms with Crippen molar-refractivity contribution in [2.75, 3.05) is 5.43 Å². The van der Waals surface area contributed by atoms with Crippen molar-refractivity contribution in [1.29, 1.82) is 0 Å². The van der Waals surface area contributed by atoms with Crippen LogP contribution in [0.25, 0.3) is 0 Å². The highest BCUT2D eigenvalue weighted by Crippen LogP contribution is 2.36. The molecule has 0 radical (unpaired) electrons. The van der Waals surface area contributed by atoms with Gasteiger partial charge in [0.2, 0.25) is 0 Å². The predicted molar refractivity (Wildman–Crippen MR) is 118 cm³/mol. The molecule has 3 rings (SSSR count). The van der Waals surface area contributed by atoms with Crippen LogP contribution in [0.4, 0.5) is 5.69 Å². The average molecular weight is 359 g/mol. The summed E-state index contributed by atoms with van der Waals surface area (Å²) < 4.78 is 0. The van der Waals surface area contributed by atoms with E-state index in [1.165, 1.54) is 27.8 Å². The Morgan fingerprint density at radius 3 is 2.30 bits per heavy atom. The molecule has 1 aliphatic rings. The van der Waals surface area contributed by atoms with Gasteiger partial charge in [0, 0.05) is 5.92 Å². The van der Waals surface area contributed by atoms with E-state index in [1.807, 2.05) is 6.21 Å². The highest BCUT2D eigenvalue weighted by atomic mass is 15.3. The Balaban J connectivity index is 1.83. The normalized spacial score (nSPS) is 16.8. The number of rotatable bonds is 4. The van der Waals surface area contributed by atoms with E-state index in [1.54, 1.807) is 0 Å². The molecule has 2 aromatic carbocycles. The molecule has 2 heteroatoms. The van der Waals surface area contributed by atoms with Gasteiger partial charge in [-0.1, -0.05) is 81.0 Å². The van der Waals surface area contributed by atoms with Gasteiger partial charge in [-0.15, -0.1) is 0 Å². The Bertz CT molecular complexity index is 901. The molecule has 0 amide bonds. The van der Waals surface area contributed by atoms with Crippen molar-refractivity contribution in [1.82, 2.24) is 0 Å². The van der Waals surface area contributed by atoms with Crippen LogP contribution in [-0.4, -0.2) is 6.21 Å². The molecule has 0 saturated heterocycles. The van der Waals surface area contributed by atoms with Crippen molar-refractivity contribution in [2.45, 2.75) is 47.5 Å². The lowest BCUT2D eigenvalue weighted by Gasteiger charge is -2.19. The van der Waals surface area contributed by atoms with Gasteiger partial charge in [0.1, 0.15) is 0 Å². The number of allylic oxidation sites excluding steroid dienone is 4. The maximum Gasteiger partial charge on any atom is 0.0620 e. The SMILES string of the molecule is Cc1cc(C)c(NN=Cc2ccccc2C2C=CC(C(C)(C)C)=C2)c(C)c1. The van der Waals surface area contributed by atoms with Crippen LogP contribution in [0.15, 0.2) is 65.3 Å². The fourth-order valence-electron chi connectivity index (χ4n) is 3.66. The van der Waals surface area contributed by atoms with Crippen LogP contribution in [0.1, 0.15) is 54.5 Å². The lowest BCUT2D eigenvalue weighted by molar-refractivity contribution is 0.517. The zero-order chi connectivity index (χ0) is 19.6. The number of hydrogen-bond acceptors (Lipinski definition) is 2. The largest absolute Gasteiger partial charge is 0.278 e. The first-order valence-corrected chi connectivity index (χ1v) is 9.62. The van der Waals surface area contributed by atoms with Crippen LogP contribution in [0, 0.1) is 26.2 Å². The first-order chi connectivity index (χ1) is 12.8. The van der Waals surface area contributed by atoms with E-state index in [2.05, 4.69) is 107 Å². The van der Waals surface area contributed by atoms with Gasteiger partial charge in [-0.05, 0) is 54.0 Å². The van der Waals surface area contributed by atoms with Crippen molar-refractivity contribution in [3.05, 3.63) is 88.0 Å². The van der Waals surface area contributed by atoms with E-state index < -0.39 is 0 Å². The molecule has 1 N–H and O–H groups in total. The fourth-order valence-corrected chi connectivity index (χ4v) is 3.66. The molecule has 140 valence electrons. The van der Waals surface area contributed by atoms with E-state index >= 15 is 0 Å². The number of hydrazone groups is 1. The number of aryl methyl sites for hydroxylation is 3. The number of nitrogens with one attached hydrogen (secondary N) is 1. The second-order valence-electron chi connectivity index (χ2n) is 8.53. The van der Waals surface area contributed by atoms with Gasteiger partial charge >= 0.3 is 0 Å². The van der Waals surface area contributed by atoms with Crippen molar-refractivity contribution < 1.29 is 0 Å². The summed E-state index contributed by atoms with van der Waals surface area (Å²) in [4.78, 5) is 0. The number of nitrogens with zero attached hydrogens (tertiary/aromatic N) is 1. The van der Waals surface area contributed by atoms with E-state index in [9.17, 15) is 0 Å². The lowest BCUT2D eigenvalue weighted by atomic mass is 9.86. The predicted octanol–water partition coefficient (Wildman–Crippen LogP) is 6.68. The minimum atomic E-state index is 0.177. The third-order valence-electron chi connectivity index (χ3n) is 5.12. The van der Waals surface area contributed by atoms with Crippen LogP contribution in [0.2, 0.25) is 0 Å². The minimum Gasteiger partial charge on any atom is -0.278 e. The molecule has 0 bridgehead atoms. The van der Waals surface area contributed by atoms with Crippen LogP contribution in [0.5, 0.6) is 0 Å². The lowest BCUT2D eigenvalue weighted by Crippen LogP contribution is -2.06. The molecule has 0 aliphatic heterocycles. The zero-order valence-electron chi connectivity index (χ0n) is 17.3. The molecule has 0 heterocycles. The Labute approximate surface area is 163 Å². The summed E-state index contributed by atoms with van der Waals surface area (Å²) in [6.45, 7) is 13.1. The summed E-state index contributed by atoms with van der Waals surface area (Å²) in [6.07, 6.45) is 8.85. The second kappa shape index (κ2) is 7.56. The van der Waals surface area contributed by atoms with Gasteiger partial charge in [0.05, 0.1) is 11.9 Å². The standard InChI is InChI=1S/C25H30N2/c1-17-13-18(2)24(19(3)14-17)27-26-16-21-9-7-8-10-23(21)20-11-12-22(15-20)25(4,5)6/h7-16,20,27H,1-6H3. The molecule has 0 spiro atoms. The second-order valence-corrected chi connectivity index (χ2v) is 8.53. The highest BCUT2D eigenvalue weighted by molar-refractivity contribution is 5.83. The van der Waals surface area contributed by atoms with Gasteiger partial charge in [-0.25, -0.2) is 0 Å². The van der Waals surface area contributed by atoms with Gasteiger partial charge in [0.15, 0.2) is 0 Å². The third-order valence-corrected chi connectivity index (χ3v) is 5.12. The zero-order valence-corrected chi connectivity index (χ0v) is 17.3. The molecule has 0 fully saturated rings. The summed E-state index contributed by atoms with van der Waals surface area (Å²) in [7, 11) is 0. The smallest absolute Gasteiger partial charge is 0.0620 e. The molecule has 0 aromatic heterocycles. The highest BCUT2D eigenvalue weighted by Gasteiger charge is 2.21. The van der Waals surface area contributed by atoms with Crippen molar-refractivity contribution >= 4 is 11.9 Å². The number of anilines is 1. The molecule has 2 aromatic rings. The van der Waals surface area contributed by atoms with Crippen LogP contribution in [-0.2, 0) is 0 Å². The quantitative estimate of drug-likeness (QED) is 0.478. The van der Waals surface area contributed by atoms with E-state index in [0.717, 1.165) is 11.3 Å². The first kappa shape index (κ1) is 19.2. The molecule has 27 heavy (non-hydrogen) atoms. The molecule has 1 atom stereocenters. The molecular weight excluding hydrogens is 328 g/mol. The van der Waals surface area contributed by atoms with E-state index in [0.29, 0.717) is 5.92 Å². The summed E-state index contributed by atoms with van der Waals surface area (Å²) in [5, 5.41) is 4.54. The third kappa shape index (κ3) is 4.39. The van der Waals surface area contributed by atoms with E-state index in [4.69, 9.17) is 0 Å². The van der Waals surface area contributed by atoms with Gasteiger partial charge in [-0.2, -0.15) is 5.10 Å². The molecule has 2 nitrogen and oxygen atoms in total. The average Bonchev–Trinajstić information content (AvgIpc) is 3.08. The number of benzene rings is 2. The van der Waals surface area contributed by atoms with Crippen molar-refractivity contribution in [3.8, 4) is 0 Å². The van der Waals surface area contributed by atoms with E-state index in [-0.39, 0.29) is 5.41 Å². The van der Waals surface area contributed by atoms with Gasteiger partial charge in [0.25, 0.3) is 0 Å². The summed E-state index contributed by atoms with van der Waals surface area (Å²) in [5.41, 5.74) is 12.0. The Morgan fingerprint density at radius 2 is 1.67 bits per heavy atom. The van der Waals surface area contributed by atoms with Crippen LogP contribution < -0.4 is 5.43 Å². The monoisotopic (exact) mass is 358 g/mol. The summed E-state index contributed by atoms with van der Waals surface area (Å²) in [5.74, 6) is 0.310. The maximum atomic E-state index is 4.54. The fraction of sp³-hybridized carbons (Fsp3) is 0.320. The van der Waals surface area contributed by atoms with Gasteiger partial charge in [-0.3, -0.25) is 5.43 Å². The van der Waals surface area contributed by atoms with Crippen LogP contribution >= 0.6 is 0 Å². The topological polar surface area (TPSA) is 24.4 Å². The first-order valence-electron chi connectivity index (χ1n) is 9.62. The van der Waals surface area contributed by atoms with Crippen molar-refractivity contribution in [2.24, 2.45) is 10.5 Å². The molecular formula is C25H30N2. The Morgan fingerprint density at radius 1 is 1.00 bits per heavy atom. The van der Waals surface area contributed by atoms with Crippen LogP contribution in [0.3, 0.4) is 0 Å². The Kier molecular flexibility index (Phi) is 5.36. The van der Waals surface area contributed by atoms with Gasteiger partial charge < -0.3 is 0 Å². The molecule has 1 aliphatic carbocycles. The van der Waals surface area contributed by atoms with Crippen molar-refractivity contribution in [3.63, 3.8) is 0 Å². The summed E-state index contributed by atoms with van der Waals surface area (Å²) >= 11 is 0.